The largest absolute Gasteiger partial charge is 0.494 e. The molecule has 0 fully saturated rings. The summed E-state index contributed by atoms with van der Waals surface area (Å²) >= 11 is 1.49. The smallest absolute Gasteiger partial charge is 0.244 e. The lowest BCUT2D eigenvalue weighted by Crippen LogP contribution is -2.24. The Hall–Kier alpha value is -2.42. The normalized spacial score (nSPS) is 11.5. The summed E-state index contributed by atoms with van der Waals surface area (Å²) in [6, 6.07) is 12.8. The van der Waals surface area contributed by atoms with Gasteiger partial charge in [0.25, 0.3) is 0 Å². The number of aryl methyl sites for hydroxylation is 2. The molecule has 0 amide bonds. The molecule has 0 saturated heterocycles. The standard InChI is InChI=1S/C22H26N2O4S2/c1-5-27-17-11-12-19(28-6-2)21(13-17)30(25,26)23-14-20-16(4)24-22(29-20)18-10-8-7-9-15(18)3/h7-13,23H,5-6,14H2,1-4H3. The van der Waals surface area contributed by atoms with Crippen LogP contribution in [-0.2, 0) is 16.6 Å². The molecule has 2 aromatic carbocycles. The van der Waals surface area contributed by atoms with Crippen LogP contribution in [0.1, 0.15) is 30.0 Å². The Morgan fingerprint density at radius 2 is 1.77 bits per heavy atom. The zero-order valence-electron chi connectivity index (χ0n) is 17.6. The molecule has 0 atom stereocenters. The number of aromatic nitrogens is 1. The molecule has 3 rings (SSSR count). The fourth-order valence-corrected chi connectivity index (χ4v) is 5.33. The third-order valence-corrected chi connectivity index (χ3v) is 7.12. The Morgan fingerprint density at radius 1 is 1.03 bits per heavy atom. The van der Waals surface area contributed by atoms with Crippen molar-refractivity contribution in [1.29, 1.82) is 0 Å². The molecule has 0 radical (unpaired) electrons. The molecule has 1 aromatic heterocycles. The van der Waals surface area contributed by atoms with E-state index in [1.165, 1.54) is 17.4 Å². The van der Waals surface area contributed by atoms with E-state index in [9.17, 15) is 8.42 Å². The SMILES string of the molecule is CCOc1ccc(OCC)c(S(=O)(=O)NCc2sc(-c3ccccc3C)nc2C)c1. The highest BCUT2D eigenvalue weighted by molar-refractivity contribution is 7.89. The molecule has 8 heteroatoms. The van der Waals surface area contributed by atoms with Crippen molar-refractivity contribution in [2.75, 3.05) is 13.2 Å². The summed E-state index contributed by atoms with van der Waals surface area (Å²) in [6.07, 6.45) is 0. The number of hydrogen-bond donors (Lipinski definition) is 1. The van der Waals surface area contributed by atoms with Crippen LogP contribution in [0, 0.1) is 13.8 Å². The van der Waals surface area contributed by atoms with Crippen LogP contribution in [0.25, 0.3) is 10.6 Å². The number of nitrogens with one attached hydrogen (secondary N) is 1. The average Bonchev–Trinajstić information content (AvgIpc) is 3.09. The molecule has 6 nitrogen and oxygen atoms in total. The highest BCUT2D eigenvalue weighted by Crippen LogP contribution is 2.32. The van der Waals surface area contributed by atoms with Crippen LogP contribution in [0.5, 0.6) is 11.5 Å². The van der Waals surface area contributed by atoms with Crippen molar-refractivity contribution >= 4 is 21.4 Å². The number of hydrogen-bond acceptors (Lipinski definition) is 6. The number of nitrogens with zero attached hydrogens (tertiary/aromatic N) is 1. The second kappa shape index (κ2) is 9.59. The minimum Gasteiger partial charge on any atom is -0.494 e. The van der Waals surface area contributed by atoms with Gasteiger partial charge in [0.05, 0.1) is 18.9 Å². The molecule has 1 N–H and O–H groups in total. The van der Waals surface area contributed by atoms with Gasteiger partial charge in [-0.15, -0.1) is 11.3 Å². The van der Waals surface area contributed by atoms with E-state index in [0.717, 1.165) is 26.7 Å². The van der Waals surface area contributed by atoms with Crippen molar-refractivity contribution in [3.63, 3.8) is 0 Å². The van der Waals surface area contributed by atoms with Gasteiger partial charge in [-0.25, -0.2) is 18.1 Å². The predicted octanol–water partition coefficient (Wildman–Crippen LogP) is 4.70. The van der Waals surface area contributed by atoms with Crippen LogP contribution in [0.3, 0.4) is 0 Å². The molecule has 0 unspecified atom stereocenters. The maximum atomic E-state index is 13.0. The molecule has 0 aliphatic carbocycles. The highest BCUT2D eigenvalue weighted by Gasteiger charge is 2.22. The average molecular weight is 447 g/mol. The highest BCUT2D eigenvalue weighted by atomic mass is 32.2. The van der Waals surface area contributed by atoms with Crippen LogP contribution in [-0.4, -0.2) is 26.6 Å². The summed E-state index contributed by atoms with van der Waals surface area (Å²) in [4.78, 5) is 5.58. The molecule has 1 heterocycles. The van der Waals surface area contributed by atoms with E-state index in [1.54, 1.807) is 12.1 Å². The van der Waals surface area contributed by atoms with Gasteiger partial charge in [-0.1, -0.05) is 24.3 Å². The number of thiazole rings is 1. The van der Waals surface area contributed by atoms with Crippen LogP contribution in [0.15, 0.2) is 47.4 Å². The van der Waals surface area contributed by atoms with Crippen LogP contribution in [0.2, 0.25) is 0 Å². The van der Waals surface area contributed by atoms with Gasteiger partial charge >= 0.3 is 0 Å². The van der Waals surface area contributed by atoms with Crippen molar-refractivity contribution in [3.8, 4) is 22.1 Å². The van der Waals surface area contributed by atoms with Gasteiger partial charge in [0.15, 0.2) is 0 Å². The number of ether oxygens (including phenoxy) is 2. The topological polar surface area (TPSA) is 77.5 Å². The summed E-state index contributed by atoms with van der Waals surface area (Å²) < 4.78 is 39.7. The molecule has 0 aliphatic rings. The fourth-order valence-electron chi connectivity index (χ4n) is 2.99. The minimum absolute atomic E-state index is 0.0663. The summed E-state index contributed by atoms with van der Waals surface area (Å²) in [5.41, 5.74) is 3.00. The van der Waals surface area contributed by atoms with Gasteiger partial charge in [-0.2, -0.15) is 0 Å². The Kier molecular flexibility index (Phi) is 7.12. The molecular weight excluding hydrogens is 420 g/mol. The first-order valence-corrected chi connectivity index (χ1v) is 12.1. The van der Waals surface area contributed by atoms with Gasteiger partial charge in [-0.3, -0.25) is 0 Å². The first-order valence-electron chi connectivity index (χ1n) is 9.77. The van der Waals surface area contributed by atoms with Crippen LogP contribution in [0.4, 0.5) is 0 Å². The van der Waals surface area contributed by atoms with E-state index >= 15 is 0 Å². The van der Waals surface area contributed by atoms with Gasteiger partial charge in [0.2, 0.25) is 10.0 Å². The number of rotatable bonds is 9. The van der Waals surface area contributed by atoms with Crippen molar-refractivity contribution < 1.29 is 17.9 Å². The monoisotopic (exact) mass is 446 g/mol. The lowest BCUT2D eigenvalue weighted by Gasteiger charge is -2.13. The Balaban J connectivity index is 1.85. The third kappa shape index (κ3) is 5.00. The van der Waals surface area contributed by atoms with E-state index in [2.05, 4.69) is 9.71 Å². The Morgan fingerprint density at radius 3 is 2.47 bits per heavy atom. The zero-order valence-corrected chi connectivity index (χ0v) is 19.2. The second-order valence-corrected chi connectivity index (χ2v) is 9.46. The summed E-state index contributed by atoms with van der Waals surface area (Å²) in [5.74, 6) is 0.784. The minimum atomic E-state index is -3.81. The van der Waals surface area contributed by atoms with Crippen molar-refractivity contribution in [2.24, 2.45) is 0 Å². The summed E-state index contributed by atoms with van der Waals surface area (Å²) in [5, 5.41) is 0.883. The molecule has 160 valence electrons. The lowest BCUT2D eigenvalue weighted by molar-refractivity contribution is 0.322. The van der Waals surface area contributed by atoms with E-state index in [0.29, 0.717) is 24.7 Å². The number of sulfonamides is 1. The molecule has 3 aromatic rings. The number of benzene rings is 2. The van der Waals surface area contributed by atoms with Gasteiger partial charge in [0.1, 0.15) is 21.4 Å². The first-order chi connectivity index (χ1) is 14.4. The molecule has 0 spiro atoms. The Bertz CT molecular complexity index is 1120. The van der Waals surface area contributed by atoms with E-state index in [4.69, 9.17) is 9.47 Å². The summed E-state index contributed by atoms with van der Waals surface area (Å²) in [7, 11) is -3.81. The quantitative estimate of drug-likeness (QED) is 0.515. The fraction of sp³-hybridized carbons (Fsp3) is 0.318. The van der Waals surface area contributed by atoms with Gasteiger partial charge < -0.3 is 9.47 Å². The van der Waals surface area contributed by atoms with E-state index in [1.807, 2.05) is 52.0 Å². The lowest BCUT2D eigenvalue weighted by atomic mass is 10.1. The van der Waals surface area contributed by atoms with Gasteiger partial charge in [-0.05, 0) is 45.4 Å². The maximum absolute atomic E-state index is 13.0. The zero-order chi connectivity index (χ0) is 21.7. The molecular formula is C22H26N2O4S2. The first kappa shape index (κ1) is 22.3. The molecule has 0 aliphatic heterocycles. The van der Waals surface area contributed by atoms with Crippen LogP contribution >= 0.6 is 11.3 Å². The van der Waals surface area contributed by atoms with E-state index in [-0.39, 0.29) is 11.4 Å². The molecule has 0 saturated carbocycles. The summed E-state index contributed by atoms with van der Waals surface area (Å²) in [6.45, 7) is 8.56. The predicted molar refractivity (Wildman–Crippen MR) is 120 cm³/mol. The van der Waals surface area contributed by atoms with Gasteiger partial charge in [0, 0.05) is 23.1 Å². The van der Waals surface area contributed by atoms with Crippen LogP contribution < -0.4 is 14.2 Å². The molecule has 30 heavy (non-hydrogen) atoms. The second-order valence-electron chi connectivity index (χ2n) is 6.64. The maximum Gasteiger partial charge on any atom is 0.244 e. The Labute approximate surface area is 181 Å². The van der Waals surface area contributed by atoms with Crippen molar-refractivity contribution in [3.05, 3.63) is 58.6 Å². The molecule has 0 bridgehead atoms. The van der Waals surface area contributed by atoms with Crippen molar-refractivity contribution in [1.82, 2.24) is 9.71 Å². The third-order valence-electron chi connectivity index (χ3n) is 4.51. The van der Waals surface area contributed by atoms with E-state index < -0.39 is 10.0 Å². The van der Waals surface area contributed by atoms with Crippen molar-refractivity contribution in [2.45, 2.75) is 39.1 Å².